The molecule has 1 heterocycles. The normalized spacial score (nSPS) is 11.9. The van der Waals surface area contributed by atoms with E-state index in [0.29, 0.717) is 0 Å². The number of hydrogen-bond donors (Lipinski definition) is 3. The summed E-state index contributed by atoms with van der Waals surface area (Å²) >= 11 is 0. The van der Waals surface area contributed by atoms with Gasteiger partial charge in [0, 0.05) is 5.69 Å². The lowest BCUT2D eigenvalue weighted by Gasteiger charge is -2.16. The lowest BCUT2D eigenvalue weighted by atomic mass is 10.0. The fraction of sp³-hybridized carbons (Fsp3) is 0.312. The van der Waals surface area contributed by atoms with Gasteiger partial charge in [0.05, 0.1) is 12.5 Å². The van der Waals surface area contributed by atoms with Gasteiger partial charge < -0.3 is 10.4 Å². The molecule has 3 N–H and O–H groups in total. The van der Waals surface area contributed by atoms with Crippen LogP contribution in [-0.2, 0) is 11.2 Å². The second-order valence-corrected chi connectivity index (χ2v) is 5.06. The topological polar surface area (TPSA) is 95.1 Å². The minimum atomic E-state index is -0.970. The number of aliphatic carboxylic acids is 1. The van der Waals surface area contributed by atoms with E-state index >= 15 is 0 Å². The summed E-state index contributed by atoms with van der Waals surface area (Å²) in [6.45, 7) is 2.04. The van der Waals surface area contributed by atoms with Gasteiger partial charge in [-0.15, -0.1) is 0 Å². The number of aromatic nitrogens is 2. The van der Waals surface area contributed by atoms with Crippen molar-refractivity contribution in [2.24, 2.45) is 0 Å². The summed E-state index contributed by atoms with van der Waals surface area (Å²) in [6.07, 6.45) is 1.59. The summed E-state index contributed by atoms with van der Waals surface area (Å²) in [5.74, 6) is -1.35. The Morgan fingerprint density at radius 1 is 1.32 bits per heavy atom. The first-order valence-electron chi connectivity index (χ1n) is 7.22. The number of carbonyl (C=O) groups is 2. The predicted molar refractivity (Wildman–Crippen MR) is 81.5 cm³/mol. The number of hydrogen-bond acceptors (Lipinski definition) is 3. The molecule has 1 unspecified atom stereocenters. The van der Waals surface area contributed by atoms with E-state index in [1.165, 1.54) is 0 Å². The van der Waals surface area contributed by atoms with E-state index in [4.69, 9.17) is 5.11 Å². The van der Waals surface area contributed by atoms with Crippen molar-refractivity contribution in [1.82, 2.24) is 15.5 Å². The second-order valence-electron chi connectivity index (χ2n) is 5.06. The minimum absolute atomic E-state index is 0.179. The molecular weight excluding hydrogens is 282 g/mol. The molecule has 1 amide bonds. The Morgan fingerprint density at radius 3 is 2.68 bits per heavy atom. The first-order chi connectivity index (χ1) is 10.6. The van der Waals surface area contributed by atoms with Crippen molar-refractivity contribution in [2.75, 3.05) is 0 Å². The second kappa shape index (κ2) is 7.40. The van der Waals surface area contributed by atoms with Crippen LogP contribution in [0.15, 0.2) is 36.4 Å². The molecular formula is C16H19N3O3. The molecule has 116 valence electrons. The van der Waals surface area contributed by atoms with Crippen molar-refractivity contribution in [3.8, 4) is 0 Å². The van der Waals surface area contributed by atoms with Crippen molar-refractivity contribution in [3.05, 3.63) is 53.3 Å². The van der Waals surface area contributed by atoms with Gasteiger partial charge in [0.1, 0.15) is 5.69 Å². The number of aryl methyl sites for hydroxylation is 1. The van der Waals surface area contributed by atoms with Crippen LogP contribution in [0.4, 0.5) is 0 Å². The van der Waals surface area contributed by atoms with Crippen LogP contribution >= 0.6 is 0 Å². The molecule has 22 heavy (non-hydrogen) atoms. The third-order valence-electron chi connectivity index (χ3n) is 3.27. The first-order valence-corrected chi connectivity index (χ1v) is 7.22. The number of H-pyrrole nitrogens is 1. The van der Waals surface area contributed by atoms with E-state index in [0.717, 1.165) is 24.1 Å². The van der Waals surface area contributed by atoms with Gasteiger partial charge in [-0.05, 0) is 18.1 Å². The van der Waals surface area contributed by atoms with Crippen molar-refractivity contribution in [3.63, 3.8) is 0 Å². The van der Waals surface area contributed by atoms with Gasteiger partial charge in [0.2, 0.25) is 0 Å². The Labute approximate surface area is 128 Å². The monoisotopic (exact) mass is 301 g/mol. The zero-order valence-electron chi connectivity index (χ0n) is 12.4. The summed E-state index contributed by atoms with van der Waals surface area (Å²) < 4.78 is 0. The number of amides is 1. The fourth-order valence-electron chi connectivity index (χ4n) is 2.22. The third kappa shape index (κ3) is 4.18. The number of nitrogens with zero attached hydrogens (tertiary/aromatic N) is 1. The number of aromatic amines is 1. The number of rotatable bonds is 7. The molecule has 0 fully saturated rings. The van der Waals surface area contributed by atoms with Gasteiger partial charge in [0.25, 0.3) is 5.91 Å². The summed E-state index contributed by atoms with van der Waals surface area (Å²) in [5, 5.41) is 18.6. The Balaban J connectivity index is 2.12. The molecule has 0 radical (unpaired) electrons. The molecule has 1 aromatic carbocycles. The van der Waals surface area contributed by atoms with Gasteiger partial charge in [-0.1, -0.05) is 43.7 Å². The zero-order chi connectivity index (χ0) is 15.9. The van der Waals surface area contributed by atoms with Crippen LogP contribution in [0.5, 0.6) is 0 Å². The number of carboxylic acids is 1. The first kappa shape index (κ1) is 15.8. The minimum Gasteiger partial charge on any atom is -0.481 e. The summed E-state index contributed by atoms with van der Waals surface area (Å²) in [5.41, 5.74) is 1.92. The molecule has 0 saturated heterocycles. The molecule has 0 bridgehead atoms. The van der Waals surface area contributed by atoms with Crippen molar-refractivity contribution < 1.29 is 14.7 Å². The van der Waals surface area contributed by atoms with E-state index in [1.54, 1.807) is 18.2 Å². The van der Waals surface area contributed by atoms with Gasteiger partial charge in [-0.25, -0.2) is 0 Å². The molecule has 0 aliphatic rings. The molecule has 6 nitrogen and oxygen atoms in total. The van der Waals surface area contributed by atoms with Crippen LogP contribution in [0, 0.1) is 0 Å². The van der Waals surface area contributed by atoms with E-state index in [9.17, 15) is 9.59 Å². The highest BCUT2D eigenvalue weighted by molar-refractivity contribution is 5.92. The SMILES string of the molecule is CCCc1cc(C(=O)NC(CC(=O)O)c2ccccc2)n[nH]1. The Bertz CT molecular complexity index is 637. The van der Waals surface area contributed by atoms with Gasteiger partial charge >= 0.3 is 5.97 Å². The van der Waals surface area contributed by atoms with Crippen LogP contribution in [0.2, 0.25) is 0 Å². The maximum absolute atomic E-state index is 12.2. The van der Waals surface area contributed by atoms with Gasteiger partial charge in [-0.3, -0.25) is 14.7 Å². The lowest BCUT2D eigenvalue weighted by Crippen LogP contribution is -2.30. The quantitative estimate of drug-likeness (QED) is 0.731. The Hall–Kier alpha value is -2.63. The highest BCUT2D eigenvalue weighted by Crippen LogP contribution is 2.17. The average molecular weight is 301 g/mol. The highest BCUT2D eigenvalue weighted by Gasteiger charge is 2.20. The predicted octanol–water partition coefficient (Wildman–Crippen LogP) is 2.31. The maximum atomic E-state index is 12.2. The summed E-state index contributed by atoms with van der Waals surface area (Å²) in [4.78, 5) is 23.3. The van der Waals surface area contributed by atoms with Crippen LogP contribution < -0.4 is 5.32 Å². The number of carboxylic acid groups (broad SMARTS) is 1. The molecule has 1 aromatic heterocycles. The van der Waals surface area contributed by atoms with Crippen LogP contribution in [0.1, 0.15) is 47.6 Å². The number of nitrogens with one attached hydrogen (secondary N) is 2. The molecule has 0 spiro atoms. The van der Waals surface area contributed by atoms with Gasteiger partial charge in [0.15, 0.2) is 0 Å². The van der Waals surface area contributed by atoms with Crippen LogP contribution in [-0.4, -0.2) is 27.2 Å². The fourth-order valence-corrected chi connectivity index (χ4v) is 2.22. The molecule has 0 saturated carbocycles. The van der Waals surface area contributed by atoms with Crippen LogP contribution in [0.3, 0.4) is 0 Å². The van der Waals surface area contributed by atoms with E-state index in [2.05, 4.69) is 15.5 Å². The Kier molecular flexibility index (Phi) is 5.30. The number of carbonyl (C=O) groups excluding carboxylic acids is 1. The lowest BCUT2D eigenvalue weighted by molar-refractivity contribution is -0.137. The summed E-state index contributed by atoms with van der Waals surface area (Å²) in [7, 11) is 0. The molecule has 0 aliphatic carbocycles. The van der Waals surface area contributed by atoms with E-state index < -0.39 is 12.0 Å². The maximum Gasteiger partial charge on any atom is 0.305 e. The summed E-state index contributed by atoms with van der Waals surface area (Å²) in [6, 6.07) is 10.2. The highest BCUT2D eigenvalue weighted by atomic mass is 16.4. The van der Waals surface area contributed by atoms with Gasteiger partial charge in [-0.2, -0.15) is 5.10 Å². The van der Waals surface area contributed by atoms with E-state index in [1.807, 2.05) is 25.1 Å². The van der Waals surface area contributed by atoms with Crippen molar-refractivity contribution in [1.29, 1.82) is 0 Å². The largest absolute Gasteiger partial charge is 0.481 e. The Morgan fingerprint density at radius 2 is 2.05 bits per heavy atom. The zero-order valence-corrected chi connectivity index (χ0v) is 12.4. The molecule has 1 atom stereocenters. The standard InChI is InChI=1S/C16H19N3O3/c1-2-6-12-9-14(19-18-12)16(22)17-13(10-15(20)21)11-7-4-3-5-8-11/h3-5,7-9,13H,2,6,10H2,1H3,(H,17,22)(H,18,19)(H,20,21). The number of benzene rings is 1. The average Bonchev–Trinajstić information content (AvgIpc) is 2.96. The van der Waals surface area contributed by atoms with E-state index in [-0.39, 0.29) is 18.0 Å². The van der Waals surface area contributed by atoms with Crippen molar-refractivity contribution >= 4 is 11.9 Å². The van der Waals surface area contributed by atoms with Crippen molar-refractivity contribution in [2.45, 2.75) is 32.2 Å². The molecule has 2 aromatic rings. The van der Waals surface area contributed by atoms with Crippen LogP contribution in [0.25, 0.3) is 0 Å². The molecule has 6 heteroatoms. The molecule has 2 rings (SSSR count). The smallest absolute Gasteiger partial charge is 0.305 e. The molecule has 0 aliphatic heterocycles. The third-order valence-corrected chi connectivity index (χ3v) is 3.27.